The first-order valence-corrected chi connectivity index (χ1v) is 11.0. The molecule has 10 heteroatoms. The van der Waals surface area contributed by atoms with Crippen molar-refractivity contribution in [2.45, 2.75) is 0 Å². The zero-order valence-electron chi connectivity index (χ0n) is 18.2. The molecule has 0 atom stereocenters. The summed E-state index contributed by atoms with van der Waals surface area (Å²) in [4.78, 5) is 30.1. The Morgan fingerprint density at radius 2 is 1.69 bits per heavy atom. The molecule has 4 rings (SSSR count). The Morgan fingerprint density at radius 3 is 2.31 bits per heavy atom. The quantitative estimate of drug-likeness (QED) is 0.462. The number of thioether (sulfide) groups is 1. The monoisotopic (exact) mass is 495 g/mol. The van der Waals surface area contributed by atoms with Crippen molar-refractivity contribution < 1.29 is 33.0 Å². The van der Waals surface area contributed by atoms with Crippen LogP contribution in [0.1, 0.15) is 5.56 Å². The van der Waals surface area contributed by atoms with Gasteiger partial charge in [0.2, 0.25) is 0 Å². The normalized spacial score (nSPS) is 15.6. The number of benzene rings is 3. The van der Waals surface area contributed by atoms with Gasteiger partial charge in [0, 0.05) is 0 Å². The van der Waals surface area contributed by atoms with Crippen LogP contribution in [0.2, 0.25) is 0 Å². The highest BCUT2D eigenvalue weighted by atomic mass is 32.2. The van der Waals surface area contributed by atoms with Crippen molar-refractivity contribution >= 4 is 46.3 Å². The van der Waals surface area contributed by atoms with Crippen LogP contribution in [0.4, 0.5) is 20.2 Å². The number of hydrogen-bond acceptors (Lipinski definition) is 7. The number of aliphatic imine (C=N–C) groups is 1. The van der Waals surface area contributed by atoms with Crippen molar-refractivity contribution in [1.82, 2.24) is 0 Å². The lowest BCUT2D eigenvalue weighted by Gasteiger charge is -2.15. The average molecular weight is 495 g/mol. The van der Waals surface area contributed by atoms with E-state index in [9.17, 15) is 23.5 Å². The lowest BCUT2D eigenvalue weighted by Crippen LogP contribution is -2.29. The second-order valence-electron chi connectivity index (χ2n) is 7.17. The lowest BCUT2D eigenvalue weighted by molar-refractivity contribution is -0.307. The maximum atomic E-state index is 13.5. The van der Waals surface area contributed by atoms with E-state index in [4.69, 9.17) is 9.47 Å². The third kappa shape index (κ3) is 5.67. The van der Waals surface area contributed by atoms with E-state index in [1.165, 1.54) is 66.6 Å². The van der Waals surface area contributed by atoms with Crippen LogP contribution >= 0.6 is 11.8 Å². The molecule has 0 saturated carbocycles. The minimum atomic E-state index is -1.37. The summed E-state index contributed by atoms with van der Waals surface area (Å²) in [5.74, 6) is -2.16. The molecule has 0 N–H and O–H groups in total. The highest BCUT2D eigenvalue weighted by Gasteiger charge is 2.34. The molecule has 7 nitrogen and oxygen atoms in total. The van der Waals surface area contributed by atoms with Crippen LogP contribution in [-0.2, 0) is 9.59 Å². The number of rotatable bonds is 7. The van der Waals surface area contributed by atoms with Gasteiger partial charge >= 0.3 is 0 Å². The van der Waals surface area contributed by atoms with E-state index < -0.39 is 30.1 Å². The maximum absolute atomic E-state index is 13.5. The van der Waals surface area contributed by atoms with Gasteiger partial charge < -0.3 is 19.4 Å². The van der Waals surface area contributed by atoms with Gasteiger partial charge in [-0.05, 0) is 84.1 Å². The Morgan fingerprint density at radius 1 is 1.03 bits per heavy atom. The Balaban J connectivity index is 1.70. The number of amidine groups is 1. The lowest BCUT2D eigenvalue weighted by atomic mass is 10.2. The molecule has 1 saturated heterocycles. The molecule has 178 valence electrons. The number of hydrogen-bond donors (Lipinski definition) is 0. The number of carboxylic acid groups (broad SMARTS) is 1. The molecule has 3 aromatic carbocycles. The summed E-state index contributed by atoms with van der Waals surface area (Å²) in [6, 6.07) is 15.6. The number of amides is 1. The molecule has 0 aromatic heterocycles. The number of carboxylic acids is 1. The first-order valence-electron chi connectivity index (χ1n) is 10.2. The number of halogens is 2. The summed E-state index contributed by atoms with van der Waals surface area (Å²) in [6.07, 6.45) is 1.61. The van der Waals surface area contributed by atoms with Crippen LogP contribution in [0.15, 0.2) is 76.6 Å². The molecule has 1 heterocycles. The molecule has 35 heavy (non-hydrogen) atoms. The van der Waals surface area contributed by atoms with E-state index in [0.29, 0.717) is 27.0 Å². The van der Waals surface area contributed by atoms with Gasteiger partial charge in [-0.15, -0.1) is 0 Å². The summed E-state index contributed by atoms with van der Waals surface area (Å²) in [5, 5.41) is 11.0. The van der Waals surface area contributed by atoms with Crippen LogP contribution in [0.3, 0.4) is 0 Å². The predicted molar refractivity (Wildman–Crippen MR) is 126 cm³/mol. The largest absolute Gasteiger partial charge is 0.546 e. The van der Waals surface area contributed by atoms with Gasteiger partial charge in [-0.25, -0.2) is 13.8 Å². The molecule has 3 aromatic rings. The SMILES string of the molecule is COc1cc(/C=C2\SC(=Nc3ccc(F)cc3)N(c3ccc(F)cc3)C2=O)ccc1OCC(=O)[O-]. The Kier molecular flexibility index (Phi) is 7.11. The third-order valence-electron chi connectivity index (χ3n) is 4.77. The molecular formula is C25H17F2N2O5S-. The standard InChI is InChI=1S/C25H18F2N2O5S/c1-33-21-12-15(2-11-20(21)34-14-23(30)31)13-22-24(32)29(19-9-5-17(27)6-10-19)25(35-22)28-18-7-3-16(26)4-8-18/h2-13H,14H2,1H3,(H,30,31)/p-1/b22-13-,28-25?. The van der Waals surface area contributed by atoms with E-state index in [1.807, 2.05) is 0 Å². The van der Waals surface area contributed by atoms with Crippen LogP contribution in [0.25, 0.3) is 6.08 Å². The number of aliphatic carboxylic acids is 1. The highest BCUT2D eigenvalue weighted by molar-refractivity contribution is 8.19. The molecule has 0 spiro atoms. The summed E-state index contributed by atoms with van der Waals surface area (Å²) in [7, 11) is 1.40. The number of methoxy groups -OCH3 is 1. The molecule has 1 aliphatic rings. The molecule has 0 unspecified atom stereocenters. The average Bonchev–Trinajstić information content (AvgIpc) is 3.14. The van der Waals surface area contributed by atoms with Gasteiger partial charge in [0.1, 0.15) is 18.2 Å². The van der Waals surface area contributed by atoms with Crippen LogP contribution in [0.5, 0.6) is 11.5 Å². The smallest absolute Gasteiger partial charge is 0.271 e. The first-order chi connectivity index (χ1) is 16.8. The summed E-state index contributed by atoms with van der Waals surface area (Å²) in [6.45, 7) is -0.638. The summed E-state index contributed by atoms with van der Waals surface area (Å²) < 4.78 is 37.2. The van der Waals surface area contributed by atoms with Gasteiger partial charge in [0.15, 0.2) is 16.7 Å². The van der Waals surface area contributed by atoms with E-state index >= 15 is 0 Å². The Bertz CT molecular complexity index is 1320. The molecule has 0 radical (unpaired) electrons. The fourth-order valence-electron chi connectivity index (χ4n) is 3.17. The van der Waals surface area contributed by atoms with Crippen molar-refractivity contribution in [3.05, 3.63) is 88.8 Å². The molecule has 1 amide bonds. The van der Waals surface area contributed by atoms with Crippen LogP contribution < -0.4 is 19.5 Å². The van der Waals surface area contributed by atoms with Crippen molar-refractivity contribution in [3.8, 4) is 11.5 Å². The molecule has 1 fully saturated rings. The molecule has 0 aliphatic carbocycles. The minimum absolute atomic E-state index is 0.204. The predicted octanol–water partition coefficient (Wildman–Crippen LogP) is 3.91. The second kappa shape index (κ2) is 10.4. The highest BCUT2D eigenvalue weighted by Crippen LogP contribution is 2.38. The van der Waals surface area contributed by atoms with Crippen molar-refractivity contribution in [2.75, 3.05) is 18.6 Å². The third-order valence-corrected chi connectivity index (χ3v) is 5.74. The first kappa shape index (κ1) is 24.0. The topological polar surface area (TPSA) is 91.3 Å². The number of anilines is 1. The van der Waals surface area contributed by atoms with Crippen molar-refractivity contribution in [2.24, 2.45) is 4.99 Å². The fraction of sp³-hybridized carbons (Fsp3) is 0.0800. The summed E-state index contributed by atoms with van der Waals surface area (Å²) >= 11 is 1.09. The fourth-order valence-corrected chi connectivity index (χ4v) is 4.17. The van der Waals surface area contributed by atoms with Crippen LogP contribution in [0, 0.1) is 11.6 Å². The van der Waals surface area contributed by atoms with Crippen molar-refractivity contribution in [1.29, 1.82) is 0 Å². The molecule has 0 bridgehead atoms. The molecular weight excluding hydrogens is 478 g/mol. The number of nitrogens with zero attached hydrogens (tertiary/aromatic N) is 2. The molecule has 1 aliphatic heterocycles. The minimum Gasteiger partial charge on any atom is -0.546 e. The Hall–Kier alpha value is -4.18. The van der Waals surface area contributed by atoms with E-state index in [0.717, 1.165) is 11.8 Å². The summed E-state index contributed by atoms with van der Waals surface area (Å²) in [5.41, 5.74) is 1.43. The number of carbonyl (C=O) groups excluding carboxylic acids is 2. The van der Waals surface area contributed by atoms with E-state index in [-0.39, 0.29) is 11.5 Å². The van der Waals surface area contributed by atoms with E-state index in [2.05, 4.69) is 4.99 Å². The maximum Gasteiger partial charge on any atom is 0.271 e. The van der Waals surface area contributed by atoms with Gasteiger partial charge in [0.05, 0.1) is 29.4 Å². The Labute approximate surface area is 203 Å². The van der Waals surface area contributed by atoms with Gasteiger partial charge in [-0.2, -0.15) is 0 Å². The second-order valence-corrected chi connectivity index (χ2v) is 8.18. The number of carbonyl (C=O) groups is 2. The van der Waals surface area contributed by atoms with E-state index in [1.54, 1.807) is 18.2 Å². The van der Waals surface area contributed by atoms with Crippen molar-refractivity contribution in [3.63, 3.8) is 0 Å². The van der Waals surface area contributed by atoms with Gasteiger partial charge in [-0.1, -0.05) is 6.07 Å². The zero-order valence-corrected chi connectivity index (χ0v) is 19.1. The van der Waals surface area contributed by atoms with Gasteiger partial charge in [0.25, 0.3) is 5.91 Å². The zero-order chi connectivity index (χ0) is 24.9. The van der Waals surface area contributed by atoms with Gasteiger partial charge in [-0.3, -0.25) is 9.69 Å². The number of ether oxygens (including phenoxy) is 2. The van der Waals surface area contributed by atoms with Crippen LogP contribution in [-0.4, -0.2) is 30.8 Å².